The van der Waals surface area contributed by atoms with Gasteiger partial charge in [-0.2, -0.15) is 0 Å². The van der Waals surface area contributed by atoms with Crippen molar-refractivity contribution in [1.29, 1.82) is 0 Å². The van der Waals surface area contributed by atoms with Crippen LogP contribution >= 0.6 is 11.3 Å². The first-order valence-corrected chi connectivity index (χ1v) is 10.2. The van der Waals surface area contributed by atoms with Crippen LogP contribution in [0.3, 0.4) is 0 Å². The van der Waals surface area contributed by atoms with Gasteiger partial charge in [-0.1, -0.05) is 17.4 Å². The van der Waals surface area contributed by atoms with Crippen LogP contribution in [0.1, 0.15) is 43.6 Å². The van der Waals surface area contributed by atoms with Crippen LogP contribution in [0.15, 0.2) is 18.2 Å². The average Bonchev–Trinajstić information content (AvgIpc) is 3.26. The molecule has 1 aromatic carbocycles. The molecule has 126 valence electrons. The SMILES string of the molecule is c1cc2nc(N3CCC4(CN5CCC4CC5)O3)sc2cc1C1CC1. The van der Waals surface area contributed by atoms with Gasteiger partial charge >= 0.3 is 0 Å². The van der Waals surface area contributed by atoms with Crippen LogP contribution in [0, 0.1) is 5.92 Å². The highest BCUT2D eigenvalue weighted by Crippen LogP contribution is 2.46. The van der Waals surface area contributed by atoms with Gasteiger partial charge in [-0.3, -0.25) is 4.84 Å². The van der Waals surface area contributed by atoms with Gasteiger partial charge < -0.3 is 4.90 Å². The maximum atomic E-state index is 6.57. The number of piperidine rings is 3. The molecule has 4 aliphatic heterocycles. The highest BCUT2D eigenvalue weighted by atomic mass is 32.1. The fourth-order valence-electron chi connectivity index (χ4n) is 4.95. The van der Waals surface area contributed by atoms with Crippen molar-refractivity contribution in [1.82, 2.24) is 9.88 Å². The topological polar surface area (TPSA) is 28.6 Å². The molecule has 1 aromatic heterocycles. The van der Waals surface area contributed by atoms with Gasteiger partial charge in [0.1, 0.15) is 5.60 Å². The van der Waals surface area contributed by atoms with E-state index >= 15 is 0 Å². The van der Waals surface area contributed by atoms with E-state index in [1.165, 1.54) is 49.0 Å². The maximum absolute atomic E-state index is 6.57. The molecule has 1 saturated carbocycles. The van der Waals surface area contributed by atoms with Gasteiger partial charge in [0, 0.05) is 13.0 Å². The second-order valence-corrected chi connectivity index (χ2v) is 9.07. The van der Waals surface area contributed by atoms with Crippen LogP contribution in [0.5, 0.6) is 0 Å². The number of anilines is 1. The molecule has 5 fully saturated rings. The van der Waals surface area contributed by atoms with Crippen molar-refractivity contribution in [2.45, 2.75) is 43.6 Å². The highest BCUT2D eigenvalue weighted by molar-refractivity contribution is 7.22. The third-order valence-electron chi connectivity index (χ3n) is 6.52. The number of fused-ring (bicyclic) bond motifs is 3. The van der Waals surface area contributed by atoms with Crippen molar-refractivity contribution in [2.75, 3.05) is 31.2 Å². The Hall–Kier alpha value is -1.17. The van der Waals surface area contributed by atoms with Gasteiger partial charge in [0.05, 0.1) is 16.8 Å². The standard InChI is InChI=1S/C19H23N3OS/c1-2-13(1)14-3-4-16-17(11-14)24-18(20-16)22-10-7-19(23-22)12-21-8-5-15(19)6-9-21/h3-4,11,13,15H,1-2,5-10,12H2. The molecule has 5 heteroatoms. The molecule has 5 heterocycles. The first kappa shape index (κ1) is 14.0. The molecule has 4 nitrogen and oxygen atoms in total. The van der Waals surface area contributed by atoms with Crippen LogP contribution in [0.4, 0.5) is 5.13 Å². The number of nitrogens with zero attached hydrogens (tertiary/aromatic N) is 3. The quantitative estimate of drug-likeness (QED) is 0.831. The van der Waals surface area contributed by atoms with E-state index < -0.39 is 0 Å². The Bertz CT molecular complexity index is 793. The Balaban J connectivity index is 1.29. The zero-order chi connectivity index (χ0) is 15.7. The summed E-state index contributed by atoms with van der Waals surface area (Å²) in [5.41, 5.74) is 2.68. The van der Waals surface area contributed by atoms with Crippen molar-refractivity contribution >= 4 is 26.7 Å². The minimum Gasteiger partial charge on any atom is -0.300 e. The molecule has 2 bridgehead atoms. The Morgan fingerprint density at radius 2 is 2.00 bits per heavy atom. The van der Waals surface area contributed by atoms with Crippen LogP contribution in [-0.2, 0) is 4.84 Å². The summed E-state index contributed by atoms with van der Waals surface area (Å²) < 4.78 is 1.31. The summed E-state index contributed by atoms with van der Waals surface area (Å²) in [6, 6.07) is 6.82. The molecule has 7 rings (SSSR count). The zero-order valence-electron chi connectivity index (χ0n) is 13.9. The molecule has 1 unspecified atom stereocenters. The van der Waals surface area contributed by atoms with Crippen molar-refractivity contribution in [3.05, 3.63) is 23.8 Å². The Labute approximate surface area is 146 Å². The highest BCUT2D eigenvalue weighted by Gasteiger charge is 2.52. The third kappa shape index (κ3) is 2.07. The van der Waals surface area contributed by atoms with Crippen molar-refractivity contribution in [3.8, 4) is 0 Å². The lowest BCUT2D eigenvalue weighted by Gasteiger charge is -2.50. The summed E-state index contributed by atoms with van der Waals surface area (Å²) in [6.07, 6.45) is 6.47. The molecule has 0 radical (unpaired) electrons. The first-order chi connectivity index (χ1) is 11.8. The monoisotopic (exact) mass is 341 g/mol. The molecule has 4 saturated heterocycles. The summed E-state index contributed by atoms with van der Waals surface area (Å²) in [6.45, 7) is 4.63. The Morgan fingerprint density at radius 1 is 1.12 bits per heavy atom. The van der Waals surface area contributed by atoms with Crippen molar-refractivity contribution < 1.29 is 4.84 Å². The van der Waals surface area contributed by atoms with Crippen molar-refractivity contribution in [2.24, 2.45) is 5.92 Å². The lowest BCUT2D eigenvalue weighted by Crippen LogP contribution is -2.59. The van der Waals surface area contributed by atoms with Gasteiger partial charge in [-0.15, -0.1) is 0 Å². The number of benzene rings is 1. The van der Waals surface area contributed by atoms with E-state index in [1.807, 2.05) is 0 Å². The third-order valence-corrected chi connectivity index (χ3v) is 7.54. The molecule has 24 heavy (non-hydrogen) atoms. The van der Waals surface area contributed by atoms with Gasteiger partial charge in [-0.25, -0.2) is 10.0 Å². The molecule has 2 aromatic rings. The molecular weight excluding hydrogens is 318 g/mol. The van der Waals surface area contributed by atoms with Gasteiger partial charge in [-0.05, 0) is 68.3 Å². The number of hydrogen-bond donors (Lipinski definition) is 0. The van der Waals surface area contributed by atoms with Crippen molar-refractivity contribution in [3.63, 3.8) is 0 Å². The summed E-state index contributed by atoms with van der Waals surface area (Å²) in [7, 11) is 0. The minimum absolute atomic E-state index is 0.0630. The second kappa shape index (κ2) is 4.93. The van der Waals surface area contributed by atoms with Crippen LogP contribution in [0.25, 0.3) is 10.2 Å². The lowest BCUT2D eigenvalue weighted by molar-refractivity contribution is -0.130. The van der Waals surface area contributed by atoms with E-state index in [4.69, 9.17) is 9.82 Å². The Kier molecular flexibility index (Phi) is 2.89. The zero-order valence-corrected chi connectivity index (χ0v) is 14.7. The van der Waals surface area contributed by atoms with E-state index in [9.17, 15) is 0 Å². The average molecular weight is 341 g/mol. The number of thiazole rings is 1. The van der Waals surface area contributed by atoms with E-state index in [2.05, 4.69) is 28.2 Å². The van der Waals surface area contributed by atoms with Crippen LogP contribution < -0.4 is 5.06 Å². The molecule has 0 N–H and O–H groups in total. The summed E-state index contributed by atoms with van der Waals surface area (Å²) in [5, 5.41) is 3.15. The van der Waals surface area contributed by atoms with Crippen LogP contribution in [-0.4, -0.2) is 41.7 Å². The summed E-state index contributed by atoms with van der Waals surface area (Å²) >= 11 is 1.80. The van der Waals surface area contributed by atoms with Gasteiger partial charge in [0.2, 0.25) is 5.13 Å². The predicted molar refractivity (Wildman–Crippen MR) is 96.5 cm³/mol. The van der Waals surface area contributed by atoms with Gasteiger partial charge in [0.15, 0.2) is 0 Å². The van der Waals surface area contributed by atoms with Gasteiger partial charge in [0.25, 0.3) is 0 Å². The summed E-state index contributed by atoms with van der Waals surface area (Å²) in [5.74, 6) is 1.54. The summed E-state index contributed by atoms with van der Waals surface area (Å²) in [4.78, 5) is 14.0. The predicted octanol–water partition coefficient (Wildman–Crippen LogP) is 3.78. The van der Waals surface area contributed by atoms with E-state index in [1.54, 1.807) is 11.3 Å². The number of hydrogen-bond acceptors (Lipinski definition) is 5. The fraction of sp³-hybridized carbons (Fsp3) is 0.632. The minimum atomic E-state index is 0.0630. The number of rotatable bonds is 2. The number of aromatic nitrogens is 1. The molecular formula is C19H23N3OS. The largest absolute Gasteiger partial charge is 0.300 e. The van der Waals surface area contributed by atoms with E-state index in [-0.39, 0.29) is 5.60 Å². The van der Waals surface area contributed by atoms with E-state index in [0.717, 1.165) is 42.0 Å². The van der Waals surface area contributed by atoms with Crippen LogP contribution in [0.2, 0.25) is 0 Å². The molecule has 1 atom stereocenters. The fourth-order valence-corrected chi connectivity index (χ4v) is 5.94. The molecule has 1 spiro atoms. The van der Waals surface area contributed by atoms with E-state index in [0.29, 0.717) is 0 Å². The molecule has 1 aliphatic carbocycles. The maximum Gasteiger partial charge on any atom is 0.210 e. The molecule has 0 amide bonds. The lowest BCUT2D eigenvalue weighted by atomic mass is 9.74. The smallest absolute Gasteiger partial charge is 0.210 e. The molecule has 5 aliphatic rings. The normalized spacial score (nSPS) is 35.4. The Morgan fingerprint density at radius 3 is 2.75 bits per heavy atom. The first-order valence-electron chi connectivity index (χ1n) is 9.39. The number of hydroxylamine groups is 1. The second-order valence-electron chi connectivity index (χ2n) is 8.06.